The topological polar surface area (TPSA) is 51.8 Å². The number of rotatable bonds is 1. The van der Waals surface area contributed by atoms with Crippen LogP contribution in [0.15, 0.2) is 12.0 Å². The zero-order valence-electron chi connectivity index (χ0n) is 5.03. The first kappa shape index (κ1) is 6.22. The lowest BCUT2D eigenvalue weighted by atomic mass is 10.5. The molecule has 0 saturated heterocycles. The molecule has 0 unspecified atom stereocenters. The van der Waals surface area contributed by atoms with Gasteiger partial charge in [-0.15, -0.1) is 0 Å². The monoisotopic (exact) mass is 141 g/mol. The minimum Gasteiger partial charge on any atom is -0.402 e. The Balaban J connectivity index is 2.80. The molecule has 0 atom stereocenters. The highest BCUT2D eigenvalue weighted by molar-refractivity contribution is 7.06. The first-order valence-corrected chi connectivity index (χ1v) is 3.27. The van der Waals surface area contributed by atoms with E-state index in [-0.39, 0.29) is 0 Å². The highest BCUT2D eigenvalue weighted by atomic mass is 32.1. The van der Waals surface area contributed by atoms with Gasteiger partial charge in [0.15, 0.2) is 0 Å². The van der Waals surface area contributed by atoms with Crippen LogP contribution in [0.4, 0.5) is 0 Å². The lowest BCUT2D eigenvalue weighted by Gasteiger charge is -1.83. The van der Waals surface area contributed by atoms with Gasteiger partial charge < -0.3 is 5.73 Å². The maximum Gasteiger partial charge on any atom is 0.138 e. The van der Waals surface area contributed by atoms with Crippen molar-refractivity contribution in [3.63, 3.8) is 0 Å². The van der Waals surface area contributed by atoms with Gasteiger partial charge in [-0.2, -0.15) is 4.37 Å². The molecule has 1 rings (SSSR count). The molecule has 0 aliphatic carbocycles. The van der Waals surface area contributed by atoms with Crippen molar-refractivity contribution < 1.29 is 0 Å². The van der Waals surface area contributed by atoms with Crippen molar-refractivity contribution in [2.75, 3.05) is 0 Å². The van der Waals surface area contributed by atoms with Crippen LogP contribution in [0.1, 0.15) is 11.9 Å². The van der Waals surface area contributed by atoms with Crippen molar-refractivity contribution in [3.05, 3.63) is 17.0 Å². The number of hydrogen-bond donors (Lipinski definition) is 1. The van der Waals surface area contributed by atoms with E-state index in [1.54, 1.807) is 6.08 Å². The van der Waals surface area contributed by atoms with Crippen molar-refractivity contribution in [2.45, 2.75) is 6.92 Å². The van der Waals surface area contributed by atoms with Gasteiger partial charge in [-0.1, -0.05) is 0 Å². The second-order valence-corrected chi connectivity index (χ2v) is 2.48. The summed E-state index contributed by atoms with van der Waals surface area (Å²) in [6.45, 7) is 1.82. The molecule has 0 fully saturated rings. The first-order chi connectivity index (χ1) is 4.29. The molecule has 3 nitrogen and oxygen atoms in total. The van der Waals surface area contributed by atoms with Gasteiger partial charge in [-0.05, 0) is 24.5 Å². The van der Waals surface area contributed by atoms with Gasteiger partial charge in [0.05, 0.1) is 0 Å². The molecule has 0 bridgehead atoms. The Hall–Kier alpha value is -0.900. The SMILES string of the molecule is C/C(N)=C\c1ncns1. The van der Waals surface area contributed by atoms with Gasteiger partial charge in [0.25, 0.3) is 0 Å². The highest BCUT2D eigenvalue weighted by Crippen LogP contribution is 2.02. The standard InChI is InChI=1S/C5H7N3S/c1-4(6)2-5-7-3-8-9-5/h2-3H,6H2,1H3/b4-2+. The summed E-state index contributed by atoms with van der Waals surface area (Å²) in [5.41, 5.74) is 6.14. The summed E-state index contributed by atoms with van der Waals surface area (Å²) in [6, 6.07) is 0. The van der Waals surface area contributed by atoms with Crippen LogP contribution < -0.4 is 5.73 Å². The zero-order chi connectivity index (χ0) is 6.69. The molecule has 0 aliphatic rings. The summed E-state index contributed by atoms with van der Waals surface area (Å²) in [7, 11) is 0. The number of nitrogens with two attached hydrogens (primary N) is 1. The minimum atomic E-state index is 0.756. The third-order valence-electron chi connectivity index (χ3n) is 0.729. The first-order valence-electron chi connectivity index (χ1n) is 2.49. The van der Waals surface area contributed by atoms with Crippen LogP contribution in [0.5, 0.6) is 0 Å². The van der Waals surface area contributed by atoms with E-state index in [2.05, 4.69) is 9.36 Å². The van der Waals surface area contributed by atoms with Crippen LogP contribution in [-0.4, -0.2) is 9.36 Å². The van der Waals surface area contributed by atoms with Gasteiger partial charge in [0.1, 0.15) is 11.3 Å². The van der Waals surface area contributed by atoms with E-state index >= 15 is 0 Å². The summed E-state index contributed by atoms with van der Waals surface area (Å²) in [5, 5.41) is 0.856. The number of nitrogens with zero attached hydrogens (tertiary/aromatic N) is 2. The summed E-state index contributed by atoms with van der Waals surface area (Å²) >= 11 is 1.33. The van der Waals surface area contributed by atoms with Crippen molar-refractivity contribution in [2.24, 2.45) is 5.73 Å². The summed E-state index contributed by atoms with van der Waals surface area (Å²) in [6.07, 6.45) is 3.30. The number of aromatic nitrogens is 2. The average molecular weight is 141 g/mol. The molecule has 4 heteroatoms. The zero-order valence-corrected chi connectivity index (χ0v) is 5.85. The van der Waals surface area contributed by atoms with E-state index in [0.717, 1.165) is 10.7 Å². The van der Waals surface area contributed by atoms with Gasteiger partial charge >= 0.3 is 0 Å². The Bertz CT molecular complexity index is 198. The summed E-state index contributed by atoms with van der Waals surface area (Å²) in [5.74, 6) is 0. The van der Waals surface area contributed by atoms with Crippen LogP contribution in [0.2, 0.25) is 0 Å². The van der Waals surface area contributed by atoms with Crippen LogP contribution in [0, 0.1) is 0 Å². The number of hydrogen-bond acceptors (Lipinski definition) is 4. The van der Waals surface area contributed by atoms with Crippen LogP contribution in [0.25, 0.3) is 6.08 Å². The Morgan fingerprint density at radius 2 is 2.67 bits per heavy atom. The Labute approximate surface area is 57.4 Å². The molecule has 0 aliphatic heterocycles. The van der Waals surface area contributed by atoms with E-state index in [9.17, 15) is 0 Å². The third-order valence-corrected chi connectivity index (χ3v) is 1.34. The summed E-state index contributed by atoms with van der Waals surface area (Å²) < 4.78 is 3.81. The van der Waals surface area contributed by atoms with E-state index < -0.39 is 0 Å². The van der Waals surface area contributed by atoms with E-state index in [1.807, 2.05) is 6.92 Å². The fraction of sp³-hybridized carbons (Fsp3) is 0.200. The fourth-order valence-electron chi connectivity index (χ4n) is 0.440. The molecule has 1 aromatic rings. The van der Waals surface area contributed by atoms with Crippen molar-refractivity contribution in [1.29, 1.82) is 0 Å². The van der Waals surface area contributed by atoms with E-state index in [4.69, 9.17) is 5.73 Å². The van der Waals surface area contributed by atoms with Gasteiger partial charge in [0.2, 0.25) is 0 Å². The summed E-state index contributed by atoms with van der Waals surface area (Å²) in [4.78, 5) is 3.91. The van der Waals surface area contributed by atoms with Crippen molar-refractivity contribution in [1.82, 2.24) is 9.36 Å². The second-order valence-electron chi connectivity index (χ2n) is 1.67. The minimum absolute atomic E-state index is 0.756. The largest absolute Gasteiger partial charge is 0.402 e. The predicted molar refractivity (Wildman–Crippen MR) is 37.7 cm³/mol. The molecule has 0 amide bonds. The highest BCUT2D eigenvalue weighted by Gasteiger charge is 1.88. The molecule has 9 heavy (non-hydrogen) atoms. The Morgan fingerprint density at radius 1 is 1.89 bits per heavy atom. The van der Waals surface area contributed by atoms with Gasteiger partial charge in [-0.25, -0.2) is 4.98 Å². The maximum atomic E-state index is 5.38. The van der Waals surface area contributed by atoms with Gasteiger partial charge in [0, 0.05) is 5.70 Å². The molecule has 2 N–H and O–H groups in total. The van der Waals surface area contributed by atoms with Crippen molar-refractivity contribution >= 4 is 17.6 Å². The average Bonchev–Trinajstić information content (AvgIpc) is 2.15. The molecule has 0 saturated carbocycles. The Morgan fingerprint density at radius 3 is 3.11 bits per heavy atom. The lowest BCUT2D eigenvalue weighted by Crippen LogP contribution is -1.88. The molecular weight excluding hydrogens is 134 g/mol. The van der Waals surface area contributed by atoms with Crippen LogP contribution in [-0.2, 0) is 0 Å². The van der Waals surface area contributed by atoms with Crippen LogP contribution >= 0.6 is 11.5 Å². The number of allylic oxidation sites excluding steroid dienone is 1. The smallest absolute Gasteiger partial charge is 0.138 e. The molecule has 0 aromatic carbocycles. The third kappa shape index (κ3) is 1.81. The molecule has 0 spiro atoms. The van der Waals surface area contributed by atoms with E-state index in [0.29, 0.717) is 0 Å². The Kier molecular flexibility index (Phi) is 1.79. The predicted octanol–water partition coefficient (Wildman–Crippen LogP) is 0.858. The van der Waals surface area contributed by atoms with Crippen molar-refractivity contribution in [3.8, 4) is 0 Å². The van der Waals surface area contributed by atoms with Gasteiger partial charge in [-0.3, -0.25) is 0 Å². The quantitative estimate of drug-likeness (QED) is 0.631. The normalized spacial score (nSPS) is 11.9. The van der Waals surface area contributed by atoms with Crippen LogP contribution in [0.3, 0.4) is 0 Å². The van der Waals surface area contributed by atoms with E-state index in [1.165, 1.54) is 17.9 Å². The maximum absolute atomic E-state index is 5.38. The molecular formula is C5H7N3S. The molecule has 1 heterocycles. The molecule has 48 valence electrons. The fourth-order valence-corrected chi connectivity index (χ4v) is 0.975. The lowest BCUT2D eigenvalue weighted by molar-refractivity contribution is 1.29. The second kappa shape index (κ2) is 2.59. The molecule has 1 aromatic heterocycles. The molecule has 0 radical (unpaired) electrons.